The molecule has 3 aliphatic heterocycles. The Morgan fingerprint density at radius 1 is 0.795 bits per heavy atom. The topological polar surface area (TPSA) is 104 Å². The zero-order valence-corrected chi connectivity index (χ0v) is 24.1. The number of piperidine rings is 1. The number of ether oxygens (including phenoxy) is 5. The lowest BCUT2D eigenvalue weighted by atomic mass is 9.67. The van der Waals surface area contributed by atoms with Crippen LogP contribution in [-0.2, 0) is 23.7 Å². The number of methoxy groups -OCH3 is 1. The van der Waals surface area contributed by atoms with E-state index < -0.39 is 6.10 Å². The minimum absolute atomic E-state index is 0.0256. The van der Waals surface area contributed by atoms with Crippen LogP contribution in [0.5, 0.6) is 0 Å². The summed E-state index contributed by atoms with van der Waals surface area (Å²) in [6, 6.07) is 0. The Kier molecular flexibility index (Phi) is 9.83. The van der Waals surface area contributed by atoms with E-state index in [-0.39, 0.29) is 54.4 Å². The Labute approximate surface area is 235 Å². The van der Waals surface area contributed by atoms with Crippen LogP contribution < -0.4 is 11.1 Å². The summed E-state index contributed by atoms with van der Waals surface area (Å²) in [5, 5.41) is 15.2. The van der Waals surface area contributed by atoms with Crippen molar-refractivity contribution in [2.24, 2.45) is 35.3 Å². The summed E-state index contributed by atoms with van der Waals surface area (Å²) in [4.78, 5) is 0. The van der Waals surface area contributed by atoms with Gasteiger partial charge in [-0.3, -0.25) is 0 Å². The second-order valence-corrected chi connectivity index (χ2v) is 13.6. The zero-order chi connectivity index (χ0) is 26.8. The van der Waals surface area contributed by atoms with Crippen molar-refractivity contribution in [3.8, 4) is 0 Å². The molecule has 0 aromatic heterocycles. The number of fused-ring (bicyclic) bond motifs is 2. The molecule has 0 radical (unpaired) electrons. The van der Waals surface area contributed by atoms with Gasteiger partial charge in [-0.25, -0.2) is 0 Å². The Hall–Kier alpha value is -0.320. The lowest BCUT2D eigenvalue weighted by Gasteiger charge is -2.52. The van der Waals surface area contributed by atoms with Crippen molar-refractivity contribution in [1.29, 1.82) is 0 Å². The average molecular weight is 551 g/mol. The van der Waals surface area contributed by atoms with E-state index >= 15 is 0 Å². The first kappa shape index (κ1) is 28.8. The fourth-order valence-corrected chi connectivity index (χ4v) is 8.98. The highest BCUT2D eigenvalue weighted by Gasteiger charge is 2.52. The molecule has 39 heavy (non-hydrogen) atoms. The Morgan fingerprint density at radius 3 is 2.28 bits per heavy atom. The monoisotopic (exact) mass is 550 g/mol. The molecule has 12 unspecified atom stereocenters. The van der Waals surface area contributed by atoms with Crippen molar-refractivity contribution in [1.82, 2.24) is 5.32 Å². The highest BCUT2D eigenvalue weighted by molar-refractivity contribution is 5.00. The van der Waals surface area contributed by atoms with Crippen LogP contribution in [0.1, 0.15) is 83.5 Å². The van der Waals surface area contributed by atoms with Gasteiger partial charge in [0.1, 0.15) is 0 Å². The highest BCUT2D eigenvalue weighted by atomic mass is 16.5. The second-order valence-electron chi connectivity index (χ2n) is 13.6. The largest absolute Gasteiger partial charge is 0.392 e. The molecule has 8 nitrogen and oxygen atoms in total. The number of aliphatic hydroxyl groups is 1. The van der Waals surface area contributed by atoms with Crippen LogP contribution in [0.3, 0.4) is 0 Å². The van der Waals surface area contributed by atoms with Crippen LogP contribution in [0.25, 0.3) is 0 Å². The number of rotatable bonds is 8. The predicted molar refractivity (Wildman–Crippen MR) is 148 cm³/mol. The normalized spacial score (nSPS) is 47.5. The zero-order valence-electron chi connectivity index (χ0n) is 24.1. The second kappa shape index (κ2) is 13.3. The van der Waals surface area contributed by atoms with E-state index in [0.29, 0.717) is 31.2 Å². The lowest BCUT2D eigenvalue weighted by molar-refractivity contribution is -0.230. The van der Waals surface area contributed by atoms with Crippen molar-refractivity contribution in [2.75, 3.05) is 33.5 Å². The van der Waals surface area contributed by atoms with E-state index in [1.165, 1.54) is 25.7 Å². The molecule has 12 atom stereocenters. The first-order chi connectivity index (χ1) is 19.1. The number of hydrogen-bond acceptors (Lipinski definition) is 8. The Morgan fingerprint density at radius 2 is 1.51 bits per heavy atom. The molecule has 0 bridgehead atoms. The molecule has 0 aromatic carbocycles. The molecule has 0 spiro atoms. The van der Waals surface area contributed by atoms with Crippen molar-refractivity contribution in [2.45, 2.75) is 132 Å². The van der Waals surface area contributed by atoms with Gasteiger partial charge in [-0.15, -0.1) is 0 Å². The smallest absolute Gasteiger partial charge is 0.0683 e. The molecule has 6 fully saturated rings. The maximum Gasteiger partial charge on any atom is 0.0683 e. The van der Waals surface area contributed by atoms with Crippen molar-refractivity contribution < 1.29 is 28.8 Å². The molecule has 3 saturated carbocycles. The quantitative estimate of drug-likeness (QED) is 0.423. The van der Waals surface area contributed by atoms with Gasteiger partial charge < -0.3 is 39.8 Å². The molecule has 6 rings (SSSR count). The number of nitrogens with two attached hydrogens (primary N) is 1. The molecule has 3 heterocycles. The van der Waals surface area contributed by atoms with Gasteiger partial charge >= 0.3 is 0 Å². The summed E-state index contributed by atoms with van der Waals surface area (Å²) in [7, 11) is 1.83. The molecule has 0 aromatic rings. The lowest BCUT2D eigenvalue weighted by Crippen LogP contribution is -2.59. The molecule has 3 aliphatic carbocycles. The fraction of sp³-hybridized carbons (Fsp3) is 1.00. The van der Waals surface area contributed by atoms with Gasteiger partial charge in [-0.1, -0.05) is 12.8 Å². The van der Waals surface area contributed by atoms with Crippen molar-refractivity contribution >= 4 is 0 Å². The SMILES string of the molecule is COC1CCC2OCC(C3COC4CCC(OC5CCCC5)CC4C3O)C(OCCC3CCNC(N)C3)C2C1. The van der Waals surface area contributed by atoms with E-state index in [4.69, 9.17) is 29.4 Å². The highest BCUT2D eigenvalue weighted by Crippen LogP contribution is 2.46. The third kappa shape index (κ3) is 6.69. The van der Waals surface area contributed by atoms with Gasteiger partial charge in [0.25, 0.3) is 0 Å². The third-order valence-corrected chi connectivity index (χ3v) is 11.3. The summed E-state index contributed by atoms with van der Waals surface area (Å²) in [5.41, 5.74) is 6.17. The number of aliphatic hydroxyl groups excluding tert-OH is 1. The molecule has 8 heteroatoms. The van der Waals surface area contributed by atoms with Crippen LogP contribution in [0.15, 0.2) is 0 Å². The molecular formula is C31H54N2O6. The predicted octanol–water partition coefficient (Wildman–Crippen LogP) is 3.38. The van der Waals surface area contributed by atoms with Crippen molar-refractivity contribution in [3.63, 3.8) is 0 Å². The van der Waals surface area contributed by atoms with E-state index in [1.807, 2.05) is 7.11 Å². The average Bonchev–Trinajstić information content (AvgIpc) is 3.47. The van der Waals surface area contributed by atoms with Gasteiger partial charge in [0.2, 0.25) is 0 Å². The van der Waals surface area contributed by atoms with Crippen LogP contribution in [0.2, 0.25) is 0 Å². The fourth-order valence-electron chi connectivity index (χ4n) is 8.98. The maximum absolute atomic E-state index is 11.9. The summed E-state index contributed by atoms with van der Waals surface area (Å²) in [5.74, 6) is 1.20. The molecule has 0 amide bonds. The van der Waals surface area contributed by atoms with Crippen LogP contribution in [0, 0.1) is 29.6 Å². The summed E-state index contributed by atoms with van der Waals surface area (Å²) >= 11 is 0. The third-order valence-electron chi connectivity index (χ3n) is 11.3. The summed E-state index contributed by atoms with van der Waals surface area (Å²) in [6.07, 6.45) is 15.2. The van der Waals surface area contributed by atoms with Crippen LogP contribution >= 0.6 is 0 Å². The van der Waals surface area contributed by atoms with Gasteiger partial charge in [-0.05, 0) is 83.1 Å². The molecule has 3 saturated heterocycles. The van der Waals surface area contributed by atoms with Crippen molar-refractivity contribution in [3.05, 3.63) is 0 Å². The number of hydrogen-bond donors (Lipinski definition) is 3. The van der Waals surface area contributed by atoms with E-state index in [0.717, 1.165) is 70.9 Å². The van der Waals surface area contributed by atoms with E-state index in [9.17, 15) is 5.11 Å². The Bertz CT molecular complexity index is 767. The first-order valence-corrected chi connectivity index (χ1v) is 16.3. The molecular weight excluding hydrogens is 496 g/mol. The number of nitrogens with one attached hydrogen (secondary N) is 1. The van der Waals surface area contributed by atoms with Gasteiger partial charge in [-0.2, -0.15) is 0 Å². The summed E-state index contributed by atoms with van der Waals surface area (Å²) < 4.78 is 32.2. The van der Waals surface area contributed by atoms with Gasteiger partial charge in [0.05, 0.1) is 62.1 Å². The molecule has 4 N–H and O–H groups in total. The Balaban J connectivity index is 1.13. The minimum atomic E-state index is -0.404. The first-order valence-electron chi connectivity index (χ1n) is 16.3. The van der Waals surface area contributed by atoms with Gasteiger partial charge in [0.15, 0.2) is 0 Å². The van der Waals surface area contributed by atoms with Crippen LogP contribution in [0.4, 0.5) is 0 Å². The van der Waals surface area contributed by atoms with Gasteiger partial charge in [0, 0.05) is 37.4 Å². The van der Waals surface area contributed by atoms with Crippen LogP contribution in [-0.4, -0.2) is 87.5 Å². The summed E-state index contributed by atoms with van der Waals surface area (Å²) in [6.45, 7) is 2.98. The standard InChI is InChI=1S/C31H54N2O6/c1-35-21-6-8-28-24(15-21)31(36-13-11-19-10-12-33-29(32)14-19)26(18-38-28)25-17-37-27-9-7-22(16-23(27)30(25)34)39-20-4-2-3-5-20/h19-31,33-34H,2-18,32H2,1H3. The minimum Gasteiger partial charge on any atom is -0.392 e. The maximum atomic E-state index is 11.9. The van der Waals surface area contributed by atoms with E-state index in [2.05, 4.69) is 5.32 Å². The molecule has 224 valence electrons. The van der Waals surface area contributed by atoms with E-state index in [1.54, 1.807) is 0 Å². The molecule has 6 aliphatic rings.